The zero-order valence-electron chi connectivity index (χ0n) is 16.8. The molecule has 1 heterocycles. The third kappa shape index (κ3) is 6.45. The summed E-state index contributed by atoms with van der Waals surface area (Å²) < 4.78 is 5.68. The van der Waals surface area contributed by atoms with E-state index in [1.807, 2.05) is 37.3 Å². The minimum absolute atomic E-state index is 0.278. The molecule has 2 N–H and O–H groups in total. The van der Waals surface area contributed by atoms with E-state index in [-0.39, 0.29) is 24.0 Å². The van der Waals surface area contributed by atoms with E-state index in [2.05, 4.69) is 10.6 Å². The van der Waals surface area contributed by atoms with Gasteiger partial charge in [-0.3, -0.25) is 0 Å². The monoisotopic (exact) mass is 431 g/mol. The Morgan fingerprint density at radius 3 is 2.63 bits per heavy atom. The third-order valence-corrected chi connectivity index (χ3v) is 5.06. The lowest BCUT2D eigenvalue weighted by Gasteiger charge is -2.32. The highest BCUT2D eigenvalue weighted by atomic mass is 35.5. The Bertz CT molecular complexity index is 832. The van der Waals surface area contributed by atoms with Gasteiger partial charge in [0.05, 0.1) is 31.7 Å². The Morgan fingerprint density at radius 1 is 1.20 bits per heavy atom. The molecule has 3 rings (SSSR count). The highest BCUT2D eigenvalue weighted by Gasteiger charge is 2.27. The van der Waals surface area contributed by atoms with Crippen LogP contribution < -0.4 is 10.6 Å². The molecule has 7 nitrogen and oxygen atoms in total. The number of morpholine rings is 1. The van der Waals surface area contributed by atoms with Gasteiger partial charge in [-0.15, -0.1) is 5.06 Å². The summed E-state index contributed by atoms with van der Waals surface area (Å²) in [5, 5.41) is 7.72. The number of anilines is 1. The fraction of sp³-hybridized carbons (Fsp3) is 0.364. The molecular weight excluding hydrogens is 406 g/mol. The molecule has 160 valence electrons. The van der Waals surface area contributed by atoms with E-state index in [1.54, 1.807) is 29.3 Å². The molecule has 8 heteroatoms. The molecule has 0 radical (unpaired) electrons. The molecule has 0 bridgehead atoms. The lowest BCUT2D eigenvalue weighted by Crippen LogP contribution is -2.48. The normalized spacial score (nSPS) is 17.7. The topological polar surface area (TPSA) is 79.9 Å². The molecule has 2 aromatic carbocycles. The Kier molecular flexibility index (Phi) is 8.07. The first-order valence-electron chi connectivity index (χ1n) is 9.99. The van der Waals surface area contributed by atoms with Crippen molar-refractivity contribution in [3.8, 4) is 0 Å². The number of urea groups is 1. The van der Waals surface area contributed by atoms with E-state index in [9.17, 15) is 9.59 Å². The van der Waals surface area contributed by atoms with Gasteiger partial charge in [-0.05, 0) is 36.2 Å². The van der Waals surface area contributed by atoms with Crippen molar-refractivity contribution in [1.29, 1.82) is 0 Å². The number of rotatable bonds is 7. The summed E-state index contributed by atoms with van der Waals surface area (Å²) >= 11 is 5.84. The number of carbonyl (C=O) groups is 2. The van der Waals surface area contributed by atoms with Gasteiger partial charge in [0.2, 0.25) is 0 Å². The Morgan fingerprint density at radius 2 is 1.93 bits per heavy atom. The zero-order valence-corrected chi connectivity index (χ0v) is 17.6. The quantitative estimate of drug-likeness (QED) is 0.696. The summed E-state index contributed by atoms with van der Waals surface area (Å²) in [6, 6.07) is 16.1. The van der Waals surface area contributed by atoms with Gasteiger partial charge in [0.25, 0.3) is 0 Å². The molecular formula is C22H26ClN3O4. The first kappa shape index (κ1) is 22.1. The minimum atomic E-state index is -0.342. The van der Waals surface area contributed by atoms with Gasteiger partial charge in [-0.2, -0.15) is 0 Å². The summed E-state index contributed by atoms with van der Waals surface area (Å²) in [5.74, 6) is -0.589. The summed E-state index contributed by atoms with van der Waals surface area (Å²) in [6.45, 7) is 3.55. The largest absolute Gasteiger partial charge is 0.373 e. The Hall–Kier alpha value is -2.61. The smallest absolute Gasteiger partial charge is 0.332 e. The number of halogens is 1. The van der Waals surface area contributed by atoms with E-state index >= 15 is 0 Å². The van der Waals surface area contributed by atoms with Gasteiger partial charge in [-0.25, -0.2) is 9.59 Å². The van der Waals surface area contributed by atoms with E-state index in [4.69, 9.17) is 21.2 Å². The molecule has 1 aliphatic rings. The number of nitrogens with zero attached hydrogens (tertiary/aromatic N) is 1. The van der Waals surface area contributed by atoms with Crippen LogP contribution in [-0.4, -0.2) is 49.4 Å². The zero-order chi connectivity index (χ0) is 21.3. The molecule has 2 aromatic rings. The molecule has 1 fully saturated rings. The minimum Gasteiger partial charge on any atom is -0.373 e. The van der Waals surface area contributed by atoms with Gasteiger partial charge >= 0.3 is 12.0 Å². The van der Waals surface area contributed by atoms with Gasteiger partial charge < -0.3 is 20.2 Å². The average molecular weight is 432 g/mol. The van der Waals surface area contributed by atoms with Crippen LogP contribution in [0.25, 0.3) is 0 Å². The second-order valence-corrected chi connectivity index (χ2v) is 7.44. The maximum absolute atomic E-state index is 12.6. The van der Waals surface area contributed by atoms with Crippen LogP contribution in [0, 0.1) is 0 Å². The van der Waals surface area contributed by atoms with Crippen LogP contribution in [0.15, 0.2) is 54.6 Å². The van der Waals surface area contributed by atoms with E-state index in [0.717, 1.165) is 5.56 Å². The number of carbonyl (C=O) groups excluding carboxylic acids is 2. The second kappa shape index (κ2) is 11.0. The maximum atomic E-state index is 12.6. The number of nitrogens with one attached hydrogen (secondary N) is 2. The standard InChI is InChI=1S/C22H26ClN3O4/c1-2-20(16-6-4-3-5-7-16)21(27)30-26-12-13-29-19(15-26)14-24-22(28)25-18-10-8-17(23)9-11-18/h3-11,19-20H,2,12-15H2,1H3,(H2,24,25,28). The van der Waals surface area contributed by atoms with Gasteiger partial charge in [0, 0.05) is 17.3 Å². The summed E-state index contributed by atoms with van der Waals surface area (Å²) in [4.78, 5) is 30.3. The van der Waals surface area contributed by atoms with E-state index in [1.165, 1.54) is 0 Å². The summed E-state index contributed by atoms with van der Waals surface area (Å²) in [5.41, 5.74) is 1.58. The number of hydrogen-bond acceptors (Lipinski definition) is 5. The van der Waals surface area contributed by atoms with Crippen LogP contribution in [0.4, 0.5) is 10.5 Å². The molecule has 1 aliphatic heterocycles. The van der Waals surface area contributed by atoms with Crippen LogP contribution >= 0.6 is 11.6 Å². The number of benzene rings is 2. The van der Waals surface area contributed by atoms with Crippen LogP contribution in [0.1, 0.15) is 24.8 Å². The second-order valence-electron chi connectivity index (χ2n) is 7.00. The molecule has 2 amide bonds. The van der Waals surface area contributed by atoms with Gasteiger partial charge in [0.1, 0.15) is 0 Å². The molecule has 2 unspecified atom stereocenters. The highest BCUT2D eigenvalue weighted by Crippen LogP contribution is 2.22. The van der Waals surface area contributed by atoms with Crippen molar-refractivity contribution in [2.75, 3.05) is 31.6 Å². The highest BCUT2D eigenvalue weighted by molar-refractivity contribution is 6.30. The number of amides is 2. The number of hydroxylamine groups is 2. The molecule has 1 saturated heterocycles. The van der Waals surface area contributed by atoms with Crippen molar-refractivity contribution in [2.24, 2.45) is 0 Å². The van der Waals surface area contributed by atoms with Crippen molar-refractivity contribution < 1.29 is 19.2 Å². The SMILES string of the molecule is CCC(C(=O)ON1CCOC(CNC(=O)Nc2ccc(Cl)cc2)C1)c1ccccc1. The van der Waals surface area contributed by atoms with Gasteiger partial charge in [0.15, 0.2) is 0 Å². The van der Waals surface area contributed by atoms with Crippen LogP contribution in [0.5, 0.6) is 0 Å². The summed E-state index contributed by atoms with van der Waals surface area (Å²) in [7, 11) is 0. The van der Waals surface area contributed by atoms with Crippen molar-refractivity contribution in [2.45, 2.75) is 25.4 Å². The van der Waals surface area contributed by atoms with Crippen LogP contribution in [0.2, 0.25) is 5.02 Å². The third-order valence-electron chi connectivity index (χ3n) is 4.81. The lowest BCUT2D eigenvalue weighted by atomic mass is 9.97. The molecule has 2 atom stereocenters. The molecule has 0 aromatic heterocycles. The van der Waals surface area contributed by atoms with Crippen LogP contribution in [-0.2, 0) is 14.4 Å². The van der Waals surface area contributed by atoms with Gasteiger partial charge in [-0.1, -0.05) is 48.9 Å². The van der Waals surface area contributed by atoms with E-state index in [0.29, 0.717) is 43.4 Å². The van der Waals surface area contributed by atoms with Crippen molar-refractivity contribution >= 4 is 29.3 Å². The Labute approximate surface area is 181 Å². The van der Waals surface area contributed by atoms with Crippen LogP contribution in [0.3, 0.4) is 0 Å². The van der Waals surface area contributed by atoms with Crippen molar-refractivity contribution in [3.63, 3.8) is 0 Å². The Balaban J connectivity index is 1.46. The first-order valence-corrected chi connectivity index (χ1v) is 10.4. The van der Waals surface area contributed by atoms with Crippen molar-refractivity contribution in [1.82, 2.24) is 10.4 Å². The van der Waals surface area contributed by atoms with E-state index < -0.39 is 0 Å². The molecule has 0 saturated carbocycles. The number of ether oxygens (including phenoxy) is 1. The molecule has 0 spiro atoms. The average Bonchev–Trinajstić information content (AvgIpc) is 2.75. The molecule has 0 aliphatic carbocycles. The summed E-state index contributed by atoms with van der Waals surface area (Å²) in [6.07, 6.45) is 0.377. The predicted octanol–water partition coefficient (Wildman–Crippen LogP) is 3.81. The number of hydrogen-bond donors (Lipinski definition) is 2. The fourth-order valence-electron chi connectivity index (χ4n) is 3.23. The fourth-order valence-corrected chi connectivity index (χ4v) is 3.35. The molecule has 30 heavy (non-hydrogen) atoms. The predicted molar refractivity (Wildman–Crippen MR) is 115 cm³/mol. The first-order chi connectivity index (χ1) is 14.5. The lowest BCUT2D eigenvalue weighted by molar-refractivity contribution is -0.216. The van der Waals surface area contributed by atoms with Crippen molar-refractivity contribution in [3.05, 3.63) is 65.2 Å². The maximum Gasteiger partial charge on any atom is 0.332 e.